The standard InChI is InChI=1S/C21H17N3O2S/c1-12-11-16(25)17(13-3-5-14(6-4-13)24(2)9-8-22)18-15-7-10-27-20(15)21(26)23-19(12)18/h3-7,10-11,25H,9H2,1-2H3,(H,23,26). The van der Waals surface area contributed by atoms with E-state index >= 15 is 0 Å². The van der Waals surface area contributed by atoms with E-state index in [4.69, 9.17) is 5.26 Å². The predicted molar refractivity (Wildman–Crippen MR) is 111 cm³/mol. The van der Waals surface area contributed by atoms with Crippen LogP contribution in [-0.4, -0.2) is 23.7 Å². The van der Waals surface area contributed by atoms with Crippen LogP contribution in [0.3, 0.4) is 0 Å². The number of anilines is 1. The second-order valence-electron chi connectivity index (χ2n) is 6.52. The molecule has 2 aromatic heterocycles. The maximum atomic E-state index is 12.4. The van der Waals surface area contributed by atoms with E-state index in [0.29, 0.717) is 16.8 Å². The van der Waals surface area contributed by atoms with Gasteiger partial charge in [0, 0.05) is 29.1 Å². The molecule has 0 saturated heterocycles. The number of aryl methyl sites for hydroxylation is 1. The van der Waals surface area contributed by atoms with E-state index < -0.39 is 0 Å². The molecule has 0 spiro atoms. The Balaban J connectivity index is 2.01. The fourth-order valence-corrected chi connectivity index (χ4v) is 4.25. The summed E-state index contributed by atoms with van der Waals surface area (Å²) in [5, 5.41) is 23.2. The first-order valence-corrected chi connectivity index (χ1v) is 9.33. The van der Waals surface area contributed by atoms with Gasteiger partial charge in [0.25, 0.3) is 5.56 Å². The van der Waals surface area contributed by atoms with Gasteiger partial charge in [-0.1, -0.05) is 12.1 Å². The van der Waals surface area contributed by atoms with Gasteiger partial charge in [-0.2, -0.15) is 5.26 Å². The number of phenols is 1. The molecular formula is C21H17N3O2S. The van der Waals surface area contributed by atoms with E-state index in [9.17, 15) is 9.90 Å². The van der Waals surface area contributed by atoms with Crippen molar-refractivity contribution in [2.45, 2.75) is 6.92 Å². The number of thiophene rings is 1. The van der Waals surface area contributed by atoms with Gasteiger partial charge in [0.05, 0.1) is 11.6 Å². The minimum Gasteiger partial charge on any atom is -0.507 e. The molecule has 0 aliphatic rings. The zero-order chi connectivity index (χ0) is 19.1. The van der Waals surface area contributed by atoms with Gasteiger partial charge in [0.15, 0.2) is 0 Å². The van der Waals surface area contributed by atoms with Crippen molar-refractivity contribution in [3.05, 3.63) is 57.7 Å². The Morgan fingerprint density at radius 1 is 1.26 bits per heavy atom. The van der Waals surface area contributed by atoms with Crippen LogP contribution in [0.2, 0.25) is 0 Å². The molecule has 134 valence electrons. The summed E-state index contributed by atoms with van der Waals surface area (Å²) < 4.78 is 0.652. The Labute approximate surface area is 159 Å². The lowest BCUT2D eigenvalue weighted by atomic mass is 9.95. The first-order valence-electron chi connectivity index (χ1n) is 8.45. The SMILES string of the molecule is Cc1cc(O)c(-c2ccc(N(C)CC#N)cc2)c2c1[nH]c(=O)c1sccc12. The molecule has 0 amide bonds. The van der Waals surface area contributed by atoms with Gasteiger partial charge in [-0.3, -0.25) is 4.79 Å². The zero-order valence-electron chi connectivity index (χ0n) is 14.9. The molecule has 0 aliphatic heterocycles. The number of phenolic OH excluding ortho intramolecular Hbond substituents is 1. The molecule has 5 nitrogen and oxygen atoms in total. The van der Waals surface area contributed by atoms with Crippen LogP contribution in [0.25, 0.3) is 32.1 Å². The van der Waals surface area contributed by atoms with Crippen molar-refractivity contribution < 1.29 is 5.11 Å². The molecular weight excluding hydrogens is 358 g/mol. The molecule has 0 fully saturated rings. The maximum Gasteiger partial charge on any atom is 0.266 e. The Morgan fingerprint density at radius 2 is 2.00 bits per heavy atom. The van der Waals surface area contributed by atoms with E-state index in [1.807, 2.05) is 54.6 Å². The molecule has 4 rings (SSSR count). The number of H-pyrrole nitrogens is 1. The predicted octanol–water partition coefficient (Wildman–Crippen LogP) is 4.38. The van der Waals surface area contributed by atoms with Crippen LogP contribution >= 0.6 is 11.3 Å². The van der Waals surface area contributed by atoms with Crippen molar-refractivity contribution in [1.29, 1.82) is 5.26 Å². The lowest BCUT2D eigenvalue weighted by Gasteiger charge is -2.17. The number of aromatic nitrogens is 1. The normalized spacial score (nSPS) is 11.0. The second-order valence-corrected chi connectivity index (χ2v) is 7.43. The van der Waals surface area contributed by atoms with Crippen molar-refractivity contribution >= 4 is 38.0 Å². The van der Waals surface area contributed by atoms with Gasteiger partial charge in [-0.15, -0.1) is 11.3 Å². The van der Waals surface area contributed by atoms with Gasteiger partial charge in [-0.25, -0.2) is 0 Å². The van der Waals surface area contributed by atoms with Crippen LogP contribution in [0, 0.1) is 18.3 Å². The van der Waals surface area contributed by atoms with E-state index in [-0.39, 0.29) is 11.3 Å². The molecule has 2 N–H and O–H groups in total. The summed E-state index contributed by atoms with van der Waals surface area (Å²) in [6, 6.07) is 13.4. The van der Waals surface area contributed by atoms with Gasteiger partial charge in [0.1, 0.15) is 17.0 Å². The first kappa shape index (κ1) is 17.1. The highest BCUT2D eigenvalue weighted by atomic mass is 32.1. The van der Waals surface area contributed by atoms with E-state index in [2.05, 4.69) is 11.1 Å². The molecule has 2 heterocycles. The average molecular weight is 375 g/mol. The number of aromatic hydroxyl groups is 1. The molecule has 6 heteroatoms. The first-order chi connectivity index (χ1) is 13.0. The molecule has 0 atom stereocenters. The third-order valence-corrected chi connectivity index (χ3v) is 5.70. The quantitative estimate of drug-likeness (QED) is 0.521. The zero-order valence-corrected chi connectivity index (χ0v) is 15.7. The van der Waals surface area contributed by atoms with Gasteiger partial charge in [-0.05, 0) is 47.7 Å². The summed E-state index contributed by atoms with van der Waals surface area (Å²) in [5.41, 5.74) is 3.92. The topological polar surface area (TPSA) is 80.1 Å². The van der Waals surface area contributed by atoms with Crippen molar-refractivity contribution in [2.24, 2.45) is 0 Å². The number of nitrogens with one attached hydrogen (secondary N) is 1. The number of nitriles is 1. The van der Waals surface area contributed by atoms with E-state index in [1.165, 1.54) is 11.3 Å². The molecule has 0 saturated carbocycles. The third-order valence-electron chi connectivity index (χ3n) is 4.79. The van der Waals surface area contributed by atoms with Crippen LogP contribution < -0.4 is 10.5 Å². The molecule has 27 heavy (non-hydrogen) atoms. The van der Waals surface area contributed by atoms with E-state index in [1.54, 1.807) is 6.07 Å². The number of rotatable bonds is 3. The number of hydrogen-bond donors (Lipinski definition) is 2. The third kappa shape index (κ3) is 2.73. The van der Waals surface area contributed by atoms with Gasteiger partial charge < -0.3 is 15.0 Å². The molecule has 0 unspecified atom stereocenters. The van der Waals surface area contributed by atoms with Gasteiger partial charge in [0.2, 0.25) is 0 Å². The van der Waals surface area contributed by atoms with Crippen LogP contribution in [-0.2, 0) is 0 Å². The minimum absolute atomic E-state index is 0.110. The summed E-state index contributed by atoms with van der Waals surface area (Å²) in [6.07, 6.45) is 0. The second kappa shape index (κ2) is 6.45. The number of aromatic amines is 1. The number of nitrogens with zero attached hydrogens (tertiary/aromatic N) is 2. The molecule has 0 aliphatic carbocycles. The highest BCUT2D eigenvalue weighted by molar-refractivity contribution is 7.17. The molecule has 4 aromatic rings. The largest absolute Gasteiger partial charge is 0.507 e. The summed E-state index contributed by atoms with van der Waals surface area (Å²) >= 11 is 1.39. The fraction of sp³-hybridized carbons (Fsp3) is 0.143. The molecule has 2 aromatic carbocycles. The van der Waals surface area contributed by atoms with Crippen molar-refractivity contribution in [1.82, 2.24) is 4.98 Å². The average Bonchev–Trinajstić information content (AvgIpc) is 3.14. The lowest BCUT2D eigenvalue weighted by Crippen LogP contribution is -2.16. The number of hydrogen-bond acceptors (Lipinski definition) is 5. The van der Waals surface area contributed by atoms with Crippen molar-refractivity contribution in [2.75, 3.05) is 18.5 Å². The summed E-state index contributed by atoms with van der Waals surface area (Å²) in [6.45, 7) is 2.18. The highest BCUT2D eigenvalue weighted by Gasteiger charge is 2.17. The monoisotopic (exact) mass is 375 g/mol. The molecule has 0 radical (unpaired) electrons. The molecule has 0 bridgehead atoms. The maximum absolute atomic E-state index is 12.4. The van der Waals surface area contributed by atoms with Crippen LogP contribution in [0.15, 0.2) is 46.6 Å². The summed E-state index contributed by atoms with van der Waals surface area (Å²) in [5.74, 6) is 0.178. The van der Waals surface area contributed by atoms with Crippen LogP contribution in [0.1, 0.15) is 5.56 Å². The Bertz CT molecular complexity index is 1260. The van der Waals surface area contributed by atoms with Crippen LogP contribution in [0.4, 0.5) is 5.69 Å². The summed E-state index contributed by atoms with van der Waals surface area (Å²) in [7, 11) is 1.86. The van der Waals surface area contributed by atoms with Gasteiger partial charge >= 0.3 is 0 Å². The number of fused-ring (bicyclic) bond motifs is 3. The smallest absolute Gasteiger partial charge is 0.266 e. The van der Waals surface area contributed by atoms with Crippen molar-refractivity contribution in [3.8, 4) is 22.9 Å². The lowest BCUT2D eigenvalue weighted by molar-refractivity contribution is 0.477. The van der Waals surface area contributed by atoms with Crippen molar-refractivity contribution in [3.63, 3.8) is 0 Å². The fourth-order valence-electron chi connectivity index (χ4n) is 3.45. The van der Waals surface area contributed by atoms with E-state index in [0.717, 1.165) is 33.1 Å². The Hall–Kier alpha value is -3.30. The highest BCUT2D eigenvalue weighted by Crippen LogP contribution is 2.41. The summed E-state index contributed by atoms with van der Waals surface area (Å²) in [4.78, 5) is 17.2. The Kier molecular flexibility index (Phi) is 4.09. The number of pyridine rings is 1. The van der Waals surface area contributed by atoms with Crippen LogP contribution in [0.5, 0.6) is 5.75 Å². The Morgan fingerprint density at radius 3 is 2.70 bits per heavy atom. The number of benzene rings is 2. The minimum atomic E-state index is -0.110.